The van der Waals surface area contributed by atoms with E-state index in [0.29, 0.717) is 16.1 Å². The van der Waals surface area contributed by atoms with Gasteiger partial charge in [0.2, 0.25) is 10.0 Å². The van der Waals surface area contributed by atoms with E-state index in [0.717, 1.165) is 12.8 Å². The highest BCUT2D eigenvalue weighted by molar-refractivity contribution is 9.10. The number of nitrogens with one attached hydrogen (secondary N) is 1. The third-order valence-electron chi connectivity index (χ3n) is 2.97. The number of benzene rings is 1. The van der Waals surface area contributed by atoms with Gasteiger partial charge in [-0.1, -0.05) is 13.8 Å². The Bertz CT molecular complexity index is 543. The first kappa shape index (κ1) is 17.5. The van der Waals surface area contributed by atoms with Crippen LogP contribution in [0.25, 0.3) is 0 Å². The molecule has 1 unspecified atom stereocenters. The smallest absolute Gasteiger partial charge is 0.240 e. The largest absolute Gasteiger partial charge is 0.496 e. The summed E-state index contributed by atoms with van der Waals surface area (Å²) < 4.78 is 33.0. The van der Waals surface area contributed by atoms with Crippen LogP contribution in [0.2, 0.25) is 0 Å². The van der Waals surface area contributed by atoms with Gasteiger partial charge in [-0.2, -0.15) is 0 Å². The summed E-state index contributed by atoms with van der Waals surface area (Å²) in [6.07, 6.45) is 1.82. The molecule has 0 saturated heterocycles. The Morgan fingerprint density at radius 1 is 1.25 bits per heavy atom. The standard InChI is InChI=1S/C14H22BrNO3S/c1-10(2)5-6-11(3)16-20(17,18)12-7-8-14(19-4)13(15)9-12/h7-11,16H,5-6H2,1-4H3. The molecule has 0 aliphatic rings. The van der Waals surface area contributed by atoms with Crippen molar-refractivity contribution in [2.75, 3.05) is 7.11 Å². The van der Waals surface area contributed by atoms with Gasteiger partial charge in [-0.25, -0.2) is 13.1 Å². The van der Waals surface area contributed by atoms with E-state index in [1.165, 1.54) is 0 Å². The molecule has 0 aliphatic carbocycles. The van der Waals surface area contributed by atoms with E-state index >= 15 is 0 Å². The van der Waals surface area contributed by atoms with Crippen LogP contribution in [0.5, 0.6) is 5.75 Å². The number of hydrogen-bond acceptors (Lipinski definition) is 3. The van der Waals surface area contributed by atoms with E-state index in [9.17, 15) is 8.42 Å². The summed E-state index contributed by atoms with van der Waals surface area (Å²) in [5.74, 6) is 1.17. The molecule has 4 nitrogen and oxygen atoms in total. The quantitative estimate of drug-likeness (QED) is 0.805. The SMILES string of the molecule is COc1ccc(S(=O)(=O)NC(C)CCC(C)C)cc1Br. The monoisotopic (exact) mass is 363 g/mol. The van der Waals surface area contributed by atoms with E-state index < -0.39 is 10.0 Å². The number of halogens is 1. The number of rotatable bonds is 7. The number of hydrogen-bond donors (Lipinski definition) is 1. The van der Waals surface area contributed by atoms with Crippen LogP contribution in [0.1, 0.15) is 33.6 Å². The molecule has 20 heavy (non-hydrogen) atoms. The molecule has 1 atom stereocenters. The normalized spacial score (nSPS) is 13.5. The number of ether oxygens (including phenoxy) is 1. The lowest BCUT2D eigenvalue weighted by Gasteiger charge is -2.16. The second kappa shape index (κ2) is 7.43. The Kier molecular flexibility index (Phi) is 6.48. The molecule has 0 fully saturated rings. The zero-order chi connectivity index (χ0) is 15.3. The van der Waals surface area contributed by atoms with E-state index in [1.807, 2.05) is 6.92 Å². The van der Waals surface area contributed by atoms with Crippen molar-refractivity contribution in [1.29, 1.82) is 0 Å². The van der Waals surface area contributed by atoms with Gasteiger partial charge in [0.05, 0.1) is 16.5 Å². The maximum Gasteiger partial charge on any atom is 0.240 e. The summed E-state index contributed by atoms with van der Waals surface area (Å²) >= 11 is 3.30. The summed E-state index contributed by atoms with van der Waals surface area (Å²) in [5.41, 5.74) is 0. The van der Waals surface area contributed by atoms with E-state index in [-0.39, 0.29) is 10.9 Å². The second-order valence-corrected chi connectivity index (χ2v) is 7.86. The molecule has 6 heteroatoms. The van der Waals surface area contributed by atoms with Crippen molar-refractivity contribution >= 4 is 26.0 Å². The zero-order valence-corrected chi connectivity index (χ0v) is 14.7. The third kappa shape index (κ3) is 5.07. The molecule has 1 aromatic carbocycles. The minimum Gasteiger partial charge on any atom is -0.496 e. The molecule has 0 aromatic heterocycles. The molecular weight excluding hydrogens is 342 g/mol. The fourth-order valence-corrected chi connectivity index (χ4v) is 3.79. The Hall–Kier alpha value is -0.590. The summed E-state index contributed by atoms with van der Waals surface area (Å²) in [7, 11) is -1.95. The average molecular weight is 364 g/mol. The molecule has 0 heterocycles. The van der Waals surface area contributed by atoms with E-state index in [1.54, 1.807) is 25.3 Å². The summed E-state index contributed by atoms with van der Waals surface area (Å²) in [6.45, 7) is 6.14. The van der Waals surface area contributed by atoms with Crippen LogP contribution in [-0.4, -0.2) is 21.6 Å². The summed E-state index contributed by atoms with van der Waals surface area (Å²) in [5, 5.41) is 0. The molecule has 0 aliphatic heterocycles. The van der Waals surface area contributed by atoms with Crippen LogP contribution in [0.15, 0.2) is 27.6 Å². The second-order valence-electron chi connectivity index (χ2n) is 5.29. The van der Waals surface area contributed by atoms with Crippen molar-refractivity contribution in [3.05, 3.63) is 22.7 Å². The van der Waals surface area contributed by atoms with Gasteiger partial charge in [0.15, 0.2) is 0 Å². The molecule has 0 bridgehead atoms. The Morgan fingerprint density at radius 2 is 1.90 bits per heavy atom. The van der Waals surface area contributed by atoms with Gasteiger partial charge in [-0.3, -0.25) is 0 Å². The molecule has 1 aromatic rings. The molecule has 0 saturated carbocycles. The highest BCUT2D eigenvalue weighted by Crippen LogP contribution is 2.27. The predicted molar refractivity (Wildman–Crippen MR) is 84.5 cm³/mol. The molecule has 0 spiro atoms. The maximum atomic E-state index is 12.3. The maximum absolute atomic E-state index is 12.3. The fourth-order valence-electron chi connectivity index (χ4n) is 1.79. The molecule has 1 rings (SSSR count). The van der Waals surface area contributed by atoms with Crippen molar-refractivity contribution in [2.24, 2.45) is 5.92 Å². The van der Waals surface area contributed by atoms with Crippen LogP contribution in [-0.2, 0) is 10.0 Å². The van der Waals surface area contributed by atoms with Crippen LogP contribution < -0.4 is 9.46 Å². The predicted octanol–water partition coefficient (Wildman–Crippen LogP) is 3.56. The Balaban J connectivity index is 2.81. The summed E-state index contributed by atoms with van der Waals surface area (Å²) in [6, 6.07) is 4.65. The molecule has 1 N–H and O–H groups in total. The molecular formula is C14H22BrNO3S. The third-order valence-corrected chi connectivity index (χ3v) is 5.17. The van der Waals surface area contributed by atoms with Crippen molar-refractivity contribution in [3.63, 3.8) is 0 Å². The number of sulfonamides is 1. The fraction of sp³-hybridized carbons (Fsp3) is 0.571. The Morgan fingerprint density at radius 3 is 2.40 bits per heavy atom. The van der Waals surface area contributed by atoms with Crippen molar-refractivity contribution in [3.8, 4) is 5.75 Å². The Labute approximate surface area is 130 Å². The minimum absolute atomic E-state index is 0.0803. The highest BCUT2D eigenvalue weighted by atomic mass is 79.9. The lowest BCUT2D eigenvalue weighted by molar-refractivity contribution is 0.411. The van der Waals surface area contributed by atoms with Crippen LogP contribution in [0.3, 0.4) is 0 Å². The van der Waals surface area contributed by atoms with Crippen LogP contribution >= 0.6 is 15.9 Å². The van der Waals surface area contributed by atoms with Gasteiger partial charge in [0.25, 0.3) is 0 Å². The van der Waals surface area contributed by atoms with Crippen LogP contribution in [0.4, 0.5) is 0 Å². The van der Waals surface area contributed by atoms with Gasteiger partial charge in [-0.05, 0) is 59.8 Å². The lowest BCUT2D eigenvalue weighted by Crippen LogP contribution is -2.32. The van der Waals surface area contributed by atoms with Gasteiger partial charge in [-0.15, -0.1) is 0 Å². The lowest BCUT2D eigenvalue weighted by atomic mass is 10.1. The van der Waals surface area contributed by atoms with Gasteiger partial charge < -0.3 is 4.74 Å². The molecule has 0 radical (unpaired) electrons. The molecule has 0 amide bonds. The first-order valence-electron chi connectivity index (χ1n) is 6.62. The highest BCUT2D eigenvalue weighted by Gasteiger charge is 2.18. The van der Waals surface area contributed by atoms with Crippen molar-refractivity contribution in [2.45, 2.75) is 44.6 Å². The van der Waals surface area contributed by atoms with E-state index in [4.69, 9.17) is 4.74 Å². The van der Waals surface area contributed by atoms with Crippen molar-refractivity contribution in [1.82, 2.24) is 4.72 Å². The van der Waals surface area contributed by atoms with Gasteiger partial charge in [0, 0.05) is 6.04 Å². The first-order chi connectivity index (χ1) is 9.26. The summed E-state index contributed by atoms with van der Waals surface area (Å²) in [4.78, 5) is 0.238. The zero-order valence-electron chi connectivity index (χ0n) is 12.3. The minimum atomic E-state index is -3.49. The first-order valence-corrected chi connectivity index (χ1v) is 8.89. The van der Waals surface area contributed by atoms with Crippen LogP contribution in [0, 0.1) is 5.92 Å². The van der Waals surface area contributed by atoms with Crippen molar-refractivity contribution < 1.29 is 13.2 Å². The van der Waals surface area contributed by atoms with Gasteiger partial charge >= 0.3 is 0 Å². The molecule has 114 valence electrons. The van der Waals surface area contributed by atoms with E-state index in [2.05, 4.69) is 34.5 Å². The number of methoxy groups -OCH3 is 1. The topological polar surface area (TPSA) is 55.4 Å². The average Bonchev–Trinajstić information content (AvgIpc) is 2.35. The van der Waals surface area contributed by atoms with Gasteiger partial charge in [0.1, 0.15) is 5.75 Å².